The summed E-state index contributed by atoms with van der Waals surface area (Å²) in [5, 5.41) is 0.197. The fourth-order valence-corrected chi connectivity index (χ4v) is 2.55. The van der Waals surface area contributed by atoms with Crippen molar-refractivity contribution in [3.05, 3.63) is 23.3 Å². The third-order valence-corrected chi connectivity index (χ3v) is 3.81. The van der Waals surface area contributed by atoms with Gasteiger partial charge in [0.05, 0.1) is 6.20 Å². The Morgan fingerprint density at radius 3 is 2.75 bits per heavy atom. The number of hydrogen-bond acceptors (Lipinski definition) is 4. The molecule has 2 heterocycles. The van der Waals surface area contributed by atoms with Crippen LogP contribution in [0.1, 0.15) is 26.7 Å². The molecule has 5 nitrogen and oxygen atoms in total. The minimum Gasteiger partial charge on any atom is -0.318 e. The summed E-state index contributed by atoms with van der Waals surface area (Å²) in [4.78, 5) is 24.4. The van der Waals surface area contributed by atoms with Crippen LogP contribution in [-0.2, 0) is 4.79 Å². The summed E-state index contributed by atoms with van der Waals surface area (Å²) < 4.78 is 0. The van der Waals surface area contributed by atoms with Gasteiger partial charge in [-0.1, -0.05) is 6.08 Å². The van der Waals surface area contributed by atoms with Crippen LogP contribution in [0, 0.1) is 5.92 Å². The fraction of sp³-hybridized carbons (Fsp3) is 0.500. The fourth-order valence-electron chi connectivity index (χ4n) is 2.42. The van der Waals surface area contributed by atoms with E-state index >= 15 is 0 Å². The summed E-state index contributed by atoms with van der Waals surface area (Å²) in [6, 6.07) is 0.127. The first-order chi connectivity index (χ1) is 9.49. The van der Waals surface area contributed by atoms with Gasteiger partial charge in [-0.05, 0) is 44.2 Å². The summed E-state index contributed by atoms with van der Waals surface area (Å²) in [5.74, 6) is 1.21. The van der Waals surface area contributed by atoms with E-state index in [1.807, 2.05) is 18.7 Å². The third-order valence-electron chi connectivity index (χ3n) is 3.63. The van der Waals surface area contributed by atoms with Crippen molar-refractivity contribution in [3.8, 4) is 0 Å². The van der Waals surface area contributed by atoms with E-state index in [-0.39, 0.29) is 17.2 Å². The highest BCUT2D eigenvalue weighted by Crippen LogP contribution is 2.39. The van der Waals surface area contributed by atoms with Crippen LogP contribution in [0.2, 0.25) is 5.28 Å². The standard InChI is InChI=1S/C14H17ClN4O/c1-8(2)19-10(6-9-4-5-9)13(20)18(3)11-7-16-14(15)17-12(11)19/h6-9H,4-5H2,1-3H3/b10-6+. The zero-order valence-electron chi connectivity index (χ0n) is 11.8. The topological polar surface area (TPSA) is 49.3 Å². The van der Waals surface area contributed by atoms with Crippen molar-refractivity contribution in [1.29, 1.82) is 0 Å². The summed E-state index contributed by atoms with van der Waals surface area (Å²) in [7, 11) is 1.75. The van der Waals surface area contributed by atoms with Gasteiger partial charge in [0.15, 0.2) is 5.82 Å². The second-order valence-electron chi connectivity index (χ2n) is 5.57. The molecule has 0 N–H and O–H groups in total. The number of likely N-dealkylation sites (N-methyl/N-ethyl adjacent to an activating group) is 1. The Morgan fingerprint density at radius 1 is 1.45 bits per heavy atom. The molecule has 106 valence electrons. The van der Waals surface area contributed by atoms with Crippen LogP contribution in [0.25, 0.3) is 0 Å². The number of aromatic nitrogens is 2. The molecule has 6 heteroatoms. The van der Waals surface area contributed by atoms with E-state index in [1.165, 1.54) is 0 Å². The summed E-state index contributed by atoms with van der Waals surface area (Å²) >= 11 is 5.92. The molecule has 0 atom stereocenters. The summed E-state index contributed by atoms with van der Waals surface area (Å²) in [5.41, 5.74) is 1.40. The van der Waals surface area contributed by atoms with Gasteiger partial charge in [-0.15, -0.1) is 0 Å². The lowest BCUT2D eigenvalue weighted by molar-refractivity contribution is -0.115. The molecule has 0 spiro atoms. The Morgan fingerprint density at radius 2 is 2.15 bits per heavy atom. The van der Waals surface area contributed by atoms with Crippen LogP contribution in [0.15, 0.2) is 18.0 Å². The SMILES string of the molecule is CC(C)N1/C(=C/C2CC2)C(=O)N(C)c2cnc(Cl)nc21. The van der Waals surface area contributed by atoms with E-state index < -0.39 is 0 Å². The molecular weight excluding hydrogens is 276 g/mol. The molecule has 1 aliphatic carbocycles. The van der Waals surface area contributed by atoms with Gasteiger partial charge in [0.2, 0.25) is 5.28 Å². The number of rotatable bonds is 2. The van der Waals surface area contributed by atoms with Crippen LogP contribution in [0.3, 0.4) is 0 Å². The van der Waals surface area contributed by atoms with Crippen LogP contribution in [-0.4, -0.2) is 29.0 Å². The number of fused-ring (bicyclic) bond motifs is 1. The molecule has 3 rings (SSSR count). The number of anilines is 2. The first kappa shape index (κ1) is 13.4. The van der Waals surface area contributed by atoms with Crippen molar-refractivity contribution >= 4 is 29.0 Å². The molecule has 1 aromatic heterocycles. The van der Waals surface area contributed by atoms with Gasteiger partial charge in [-0.25, -0.2) is 4.98 Å². The average Bonchev–Trinajstić information content (AvgIpc) is 3.19. The van der Waals surface area contributed by atoms with Crippen LogP contribution < -0.4 is 9.80 Å². The second kappa shape index (κ2) is 4.74. The van der Waals surface area contributed by atoms with Gasteiger partial charge in [0.1, 0.15) is 11.4 Å². The van der Waals surface area contributed by atoms with E-state index in [4.69, 9.17) is 11.6 Å². The van der Waals surface area contributed by atoms with Gasteiger partial charge in [0.25, 0.3) is 5.91 Å². The van der Waals surface area contributed by atoms with Gasteiger partial charge in [-0.2, -0.15) is 4.98 Å². The molecule has 1 aromatic rings. The Labute approximate surface area is 123 Å². The number of carbonyl (C=O) groups is 1. The highest BCUT2D eigenvalue weighted by Gasteiger charge is 2.36. The molecule has 1 fully saturated rings. The van der Waals surface area contributed by atoms with Crippen molar-refractivity contribution in [2.24, 2.45) is 5.92 Å². The van der Waals surface area contributed by atoms with Crippen LogP contribution in [0.5, 0.6) is 0 Å². The van der Waals surface area contributed by atoms with Crippen molar-refractivity contribution in [3.63, 3.8) is 0 Å². The summed E-state index contributed by atoms with van der Waals surface area (Å²) in [6.45, 7) is 4.08. The molecular formula is C14H17ClN4O. The number of allylic oxidation sites excluding steroid dienone is 1. The van der Waals surface area contributed by atoms with E-state index in [9.17, 15) is 4.79 Å². The molecule has 0 radical (unpaired) electrons. The van der Waals surface area contributed by atoms with Crippen LogP contribution in [0.4, 0.5) is 11.5 Å². The van der Waals surface area contributed by atoms with Crippen LogP contribution >= 0.6 is 11.6 Å². The minimum absolute atomic E-state index is 0.0102. The average molecular weight is 293 g/mol. The quantitative estimate of drug-likeness (QED) is 0.621. The molecule has 1 aliphatic heterocycles. The van der Waals surface area contributed by atoms with E-state index in [0.717, 1.165) is 12.8 Å². The lowest BCUT2D eigenvalue weighted by Crippen LogP contribution is -2.45. The Kier molecular flexibility index (Phi) is 3.17. The minimum atomic E-state index is -0.0102. The Bertz CT molecular complexity index is 595. The van der Waals surface area contributed by atoms with E-state index in [0.29, 0.717) is 23.1 Å². The number of amides is 1. The predicted molar refractivity (Wildman–Crippen MR) is 78.9 cm³/mol. The predicted octanol–water partition coefficient (Wildman–Crippen LogP) is 2.62. The maximum Gasteiger partial charge on any atom is 0.274 e. The molecule has 20 heavy (non-hydrogen) atoms. The highest BCUT2D eigenvalue weighted by atomic mass is 35.5. The molecule has 0 bridgehead atoms. The first-order valence-corrected chi connectivity index (χ1v) is 7.18. The van der Waals surface area contributed by atoms with Crippen molar-refractivity contribution in [1.82, 2.24) is 9.97 Å². The van der Waals surface area contributed by atoms with Gasteiger partial charge in [0, 0.05) is 13.1 Å². The smallest absolute Gasteiger partial charge is 0.274 e. The molecule has 0 aromatic carbocycles. The Balaban J connectivity index is 2.16. The lowest BCUT2D eigenvalue weighted by Gasteiger charge is -2.38. The first-order valence-electron chi connectivity index (χ1n) is 6.80. The molecule has 0 saturated heterocycles. The van der Waals surface area contributed by atoms with Crippen molar-refractivity contribution < 1.29 is 4.79 Å². The maximum absolute atomic E-state index is 12.6. The normalized spacial score (nSPS) is 20.9. The highest BCUT2D eigenvalue weighted by molar-refractivity contribution is 6.28. The van der Waals surface area contributed by atoms with Crippen molar-refractivity contribution in [2.75, 3.05) is 16.8 Å². The number of carbonyl (C=O) groups excluding carboxylic acids is 1. The summed E-state index contributed by atoms with van der Waals surface area (Å²) in [6.07, 6.45) is 5.98. The van der Waals surface area contributed by atoms with E-state index in [1.54, 1.807) is 18.1 Å². The Hall–Kier alpha value is -1.62. The number of halogens is 1. The van der Waals surface area contributed by atoms with Gasteiger partial charge < -0.3 is 9.80 Å². The zero-order valence-corrected chi connectivity index (χ0v) is 12.6. The maximum atomic E-state index is 12.6. The number of hydrogen-bond donors (Lipinski definition) is 0. The molecule has 1 amide bonds. The second-order valence-corrected chi connectivity index (χ2v) is 5.90. The van der Waals surface area contributed by atoms with Gasteiger partial charge in [-0.3, -0.25) is 4.79 Å². The molecule has 0 unspecified atom stereocenters. The third kappa shape index (κ3) is 2.16. The van der Waals surface area contributed by atoms with E-state index in [2.05, 4.69) is 16.0 Å². The lowest BCUT2D eigenvalue weighted by atomic mass is 10.1. The zero-order chi connectivity index (χ0) is 14.4. The van der Waals surface area contributed by atoms with Crippen molar-refractivity contribution in [2.45, 2.75) is 32.7 Å². The molecule has 2 aliphatic rings. The number of nitrogens with zero attached hydrogens (tertiary/aromatic N) is 4. The largest absolute Gasteiger partial charge is 0.318 e. The monoisotopic (exact) mass is 292 g/mol. The van der Waals surface area contributed by atoms with Gasteiger partial charge >= 0.3 is 0 Å². The molecule has 1 saturated carbocycles.